The molecule has 0 spiro atoms. The summed E-state index contributed by atoms with van der Waals surface area (Å²) in [4.78, 5) is 0.296. The summed E-state index contributed by atoms with van der Waals surface area (Å²) in [6, 6.07) is 24.6. The molecule has 0 amide bonds. The largest absolute Gasteiger partial charge is 0.867 e. The van der Waals surface area contributed by atoms with Gasteiger partial charge in [-0.05, 0) is 41.0 Å². The van der Waals surface area contributed by atoms with E-state index in [2.05, 4.69) is 21.2 Å². The van der Waals surface area contributed by atoms with Crippen molar-refractivity contribution in [2.24, 2.45) is 0 Å². The van der Waals surface area contributed by atoms with Gasteiger partial charge in [-0.1, -0.05) is 76.7 Å². The first-order valence-electron chi connectivity index (χ1n) is 9.64. The Morgan fingerprint density at radius 3 is 2.48 bits per heavy atom. The number of nitrogens with one attached hydrogen (secondary N) is 1. The van der Waals surface area contributed by atoms with Gasteiger partial charge in [0.25, 0.3) is 0 Å². The minimum Gasteiger partial charge on any atom is -0.867 e. The topological polar surface area (TPSA) is 59.2 Å². The van der Waals surface area contributed by atoms with E-state index in [0.29, 0.717) is 21.8 Å². The fourth-order valence-corrected chi connectivity index (χ4v) is 3.92. The molecule has 0 aliphatic carbocycles. The van der Waals surface area contributed by atoms with Gasteiger partial charge in [-0.2, -0.15) is 4.57 Å². The number of hydrogen-bond donors (Lipinski definition) is 2. The zero-order valence-electron chi connectivity index (χ0n) is 16.5. The first-order valence-corrected chi connectivity index (χ1v) is 10.8. The molecule has 0 bridgehead atoms. The summed E-state index contributed by atoms with van der Waals surface area (Å²) in [5.74, 6) is -0.217. The number of halogens is 1. The molecule has 4 nitrogen and oxygen atoms in total. The number of aliphatic hydroxyl groups is 1. The summed E-state index contributed by atoms with van der Waals surface area (Å²) >= 11 is 9.12. The molecule has 154 valence electrons. The van der Waals surface area contributed by atoms with Crippen LogP contribution >= 0.6 is 28.1 Å². The molecule has 0 fully saturated rings. The highest BCUT2D eigenvalue weighted by Crippen LogP contribution is 2.25. The van der Waals surface area contributed by atoms with Gasteiger partial charge in [0, 0.05) is 27.2 Å². The number of thiocarbonyl (C=S) groups is 1. The molecule has 3 aromatic carbocycles. The Hall–Kier alpha value is -3.06. The molecule has 4 aromatic rings. The fraction of sp³-hybridized carbons (Fsp3) is 0.0400. The van der Waals surface area contributed by atoms with Gasteiger partial charge < -0.3 is 15.5 Å². The van der Waals surface area contributed by atoms with E-state index < -0.39 is 0 Å². The van der Waals surface area contributed by atoms with Crippen molar-refractivity contribution in [1.29, 1.82) is 0 Å². The van der Waals surface area contributed by atoms with Crippen molar-refractivity contribution in [3.8, 4) is 0 Å². The third-order valence-electron chi connectivity index (χ3n) is 4.88. The quantitative estimate of drug-likeness (QED) is 0.187. The third-order valence-corrected chi connectivity index (χ3v) is 5.70. The van der Waals surface area contributed by atoms with Crippen molar-refractivity contribution in [3.63, 3.8) is 0 Å². The summed E-state index contributed by atoms with van der Waals surface area (Å²) in [5, 5.41) is 28.4. The van der Waals surface area contributed by atoms with E-state index in [4.69, 9.17) is 12.2 Å². The number of aliphatic hydroxyl groups excluding tert-OH is 1. The van der Waals surface area contributed by atoms with Crippen LogP contribution in [-0.2, 0) is 6.61 Å². The maximum absolute atomic E-state index is 13.5. The minimum atomic E-state index is -0.217. The number of benzene rings is 3. The monoisotopic (exact) mass is 490 g/mol. The first-order chi connectivity index (χ1) is 15.1. The van der Waals surface area contributed by atoms with Crippen molar-refractivity contribution in [3.05, 3.63) is 107 Å². The Morgan fingerprint density at radius 1 is 0.968 bits per heavy atom. The van der Waals surface area contributed by atoms with Crippen LogP contribution in [0.1, 0.15) is 11.1 Å². The lowest BCUT2D eigenvalue weighted by molar-refractivity contribution is -0.578. The van der Waals surface area contributed by atoms with Crippen LogP contribution in [0.5, 0.6) is 0 Å². The second-order valence-electron chi connectivity index (χ2n) is 6.94. The highest BCUT2D eigenvalue weighted by Gasteiger charge is 2.20. The molecule has 0 atom stereocenters. The molecule has 4 rings (SSSR count). The van der Waals surface area contributed by atoms with E-state index in [1.165, 1.54) is 0 Å². The lowest BCUT2D eigenvalue weighted by Gasteiger charge is -2.18. The minimum absolute atomic E-state index is 0.135. The number of nitrogens with zero attached hydrogens (tertiary/aromatic N) is 1. The van der Waals surface area contributed by atoms with Gasteiger partial charge in [0.1, 0.15) is 0 Å². The van der Waals surface area contributed by atoms with Gasteiger partial charge in [-0.15, -0.1) is 0 Å². The molecule has 0 saturated carbocycles. The van der Waals surface area contributed by atoms with Crippen molar-refractivity contribution in [1.82, 2.24) is 0 Å². The Balaban J connectivity index is 1.82. The molecule has 0 unspecified atom stereocenters. The highest BCUT2D eigenvalue weighted by molar-refractivity contribution is 9.10. The molecule has 0 radical (unpaired) electrons. The van der Waals surface area contributed by atoms with Crippen LogP contribution in [0.15, 0.2) is 95.7 Å². The number of anilines is 1. The molecule has 1 aromatic heterocycles. The standard InChI is InChI=1S/C25H19BrN2O2S/c26-20-12-10-19(11-13-20)24(30)23(28-14-4-5-17(15-28)16-29)25(31)27-22-9-3-7-18-6-1-2-8-21(18)22/h1-15,29H,16H2,(H-,27,30,31). The molecule has 31 heavy (non-hydrogen) atoms. The molecular weight excluding hydrogens is 472 g/mol. The maximum Gasteiger partial charge on any atom is 0.238 e. The third kappa shape index (κ3) is 4.66. The van der Waals surface area contributed by atoms with Crippen LogP contribution in [0, 0.1) is 0 Å². The lowest BCUT2D eigenvalue weighted by Crippen LogP contribution is -2.40. The van der Waals surface area contributed by atoms with Crippen LogP contribution in [-0.4, -0.2) is 10.1 Å². The summed E-state index contributed by atoms with van der Waals surface area (Å²) < 4.78 is 2.55. The van der Waals surface area contributed by atoms with Gasteiger partial charge in [-0.3, -0.25) is 0 Å². The second kappa shape index (κ2) is 9.39. The van der Waals surface area contributed by atoms with Crippen LogP contribution in [0.4, 0.5) is 5.69 Å². The molecule has 0 saturated heterocycles. The van der Waals surface area contributed by atoms with E-state index in [0.717, 1.165) is 20.9 Å². The van der Waals surface area contributed by atoms with E-state index in [-0.39, 0.29) is 12.4 Å². The summed E-state index contributed by atoms with van der Waals surface area (Å²) in [6.45, 7) is -0.135. The summed E-state index contributed by atoms with van der Waals surface area (Å²) in [7, 11) is 0. The molecular formula is C25H19BrN2O2S. The number of rotatable bonds is 5. The SMILES string of the molecule is [O-]/C(=C(\C(=S)Nc1cccc2ccccc12)[n+]1cccc(CO)c1)c1ccc(Br)cc1. The van der Waals surface area contributed by atoms with Crippen molar-refractivity contribution < 1.29 is 14.8 Å². The molecule has 0 aliphatic heterocycles. The Labute approximate surface area is 194 Å². The van der Waals surface area contributed by atoms with E-state index in [9.17, 15) is 10.2 Å². The van der Waals surface area contributed by atoms with Gasteiger partial charge >= 0.3 is 0 Å². The van der Waals surface area contributed by atoms with Gasteiger partial charge in [0.05, 0.1) is 6.61 Å². The van der Waals surface area contributed by atoms with E-state index in [1.807, 2.05) is 54.6 Å². The lowest BCUT2D eigenvalue weighted by atomic mass is 10.1. The summed E-state index contributed by atoms with van der Waals surface area (Å²) in [5.41, 5.74) is 2.32. The van der Waals surface area contributed by atoms with E-state index >= 15 is 0 Å². The van der Waals surface area contributed by atoms with Gasteiger partial charge in [-0.25, -0.2) is 0 Å². The average molecular weight is 491 g/mol. The normalized spacial score (nSPS) is 11.8. The van der Waals surface area contributed by atoms with Crippen LogP contribution in [0.3, 0.4) is 0 Å². The first kappa shape index (κ1) is 21.2. The maximum atomic E-state index is 13.5. The fourth-order valence-electron chi connectivity index (χ4n) is 3.35. The Bertz CT molecular complexity index is 1280. The predicted molar refractivity (Wildman–Crippen MR) is 130 cm³/mol. The van der Waals surface area contributed by atoms with Crippen molar-refractivity contribution >= 4 is 61.1 Å². The second-order valence-corrected chi connectivity index (χ2v) is 8.27. The predicted octanol–water partition coefficient (Wildman–Crippen LogP) is 4.51. The molecule has 6 heteroatoms. The Morgan fingerprint density at radius 2 is 1.71 bits per heavy atom. The zero-order valence-corrected chi connectivity index (χ0v) is 18.9. The van der Waals surface area contributed by atoms with Gasteiger partial charge in [0.2, 0.25) is 5.70 Å². The summed E-state index contributed by atoms with van der Waals surface area (Å²) in [6.07, 6.45) is 3.46. The van der Waals surface area contributed by atoms with Crippen LogP contribution in [0.25, 0.3) is 22.2 Å². The van der Waals surface area contributed by atoms with Crippen molar-refractivity contribution in [2.45, 2.75) is 6.61 Å². The average Bonchev–Trinajstić information content (AvgIpc) is 2.80. The van der Waals surface area contributed by atoms with Crippen molar-refractivity contribution in [2.75, 3.05) is 5.32 Å². The van der Waals surface area contributed by atoms with E-state index in [1.54, 1.807) is 41.2 Å². The Kier molecular flexibility index (Phi) is 6.42. The molecule has 2 N–H and O–H groups in total. The molecule has 1 heterocycles. The zero-order chi connectivity index (χ0) is 21.8. The number of hydrogen-bond acceptors (Lipinski definition) is 3. The van der Waals surface area contributed by atoms with Crippen LogP contribution < -0.4 is 15.0 Å². The van der Waals surface area contributed by atoms with Gasteiger partial charge in [0.15, 0.2) is 17.4 Å². The smallest absolute Gasteiger partial charge is 0.238 e. The number of aromatic nitrogens is 1. The van der Waals surface area contributed by atoms with Crippen LogP contribution in [0.2, 0.25) is 0 Å². The number of fused-ring (bicyclic) bond motifs is 1. The molecule has 0 aliphatic rings. The number of pyridine rings is 1. The highest BCUT2D eigenvalue weighted by atomic mass is 79.9.